The third-order valence-electron chi connectivity index (χ3n) is 0. The Bertz CT molecular complexity index is 13.7. The number of halogens is 6. The van der Waals surface area contributed by atoms with Gasteiger partial charge in [-0.05, 0) is 0 Å². The Hall–Kier alpha value is 2.91. The van der Waals surface area contributed by atoms with Gasteiger partial charge in [0.25, 0.3) is 0 Å². The van der Waals surface area contributed by atoms with Crippen molar-refractivity contribution in [2.24, 2.45) is 0 Å². The van der Waals surface area contributed by atoms with Crippen molar-refractivity contribution in [2.45, 2.75) is 0 Å². The van der Waals surface area contributed by atoms with E-state index in [1.165, 1.54) is 0 Å². The fraction of sp³-hybridized carbons (Fsp3) is 0. The molecule has 0 saturated carbocycles. The molecule has 0 atom stereocenters. The standard InChI is InChI=1S/6ClH.2H3N.2Zn/h6*1H;2*1H3;;/q;;;;;;;;2*+2/p-4. The van der Waals surface area contributed by atoms with Gasteiger partial charge in [-0.25, -0.2) is 0 Å². The summed E-state index contributed by atoms with van der Waals surface area (Å²) in [6, 6.07) is 0. The quantitative estimate of drug-likeness (QED) is 0.411. The summed E-state index contributed by atoms with van der Waals surface area (Å²) in [6.45, 7) is 0. The maximum absolute atomic E-state index is 0. The summed E-state index contributed by atoms with van der Waals surface area (Å²) in [5, 5.41) is 0. The smallest absolute Gasteiger partial charge is 1.00 e. The van der Waals surface area contributed by atoms with Crippen molar-refractivity contribution in [2.75, 3.05) is 0 Å². The molecule has 10 heavy (non-hydrogen) atoms. The SMILES string of the molecule is Cl.Cl.N.N.[Cl-].[Cl-].[Cl-].[Cl-].[Zn+2].[Zn+2]. The van der Waals surface area contributed by atoms with Crippen LogP contribution < -0.4 is 61.9 Å². The van der Waals surface area contributed by atoms with Crippen LogP contribution in [0.4, 0.5) is 0 Å². The van der Waals surface area contributed by atoms with E-state index < -0.39 is 0 Å². The van der Waals surface area contributed by atoms with Gasteiger partial charge in [0, 0.05) is 0 Å². The molecule has 0 fully saturated rings. The first-order valence-corrected chi connectivity index (χ1v) is 0. The first kappa shape index (κ1) is 217. The fourth-order valence-electron chi connectivity index (χ4n) is 0. The first-order chi connectivity index (χ1) is 0. The van der Waals surface area contributed by atoms with Gasteiger partial charge in [0.1, 0.15) is 0 Å². The third kappa shape index (κ3) is 127. The van der Waals surface area contributed by atoms with Crippen molar-refractivity contribution >= 4 is 24.8 Å². The molecule has 0 aliphatic carbocycles. The van der Waals surface area contributed by atoms with Gasteiger partial charge in [-0.3, -0.25) is 0 Å². The maximum Gasteiger partial charge on any atom is 2.00 e. The molecule has 0 amide bonds. The molecule has 2 nitrogen and oxygen atoms in total. The summed E-state index contributed by atoms with van der Waals surface area (Å²) in [7, 11) is 0. The van der Waals surface area contributed by atoms with Gasteiger partial charge in [0.2, 0.25) is 0 Å². The molecule has 6 N–H and O–H groups in total. The Morgan fingerprint density at radius 3 is 0.400 bits per heavy atom. The molecule has 0 aliphatic heterocycles. The Morgan fingerprint density at radius 2 is 0.400 bits per heavy atom. The van der Waals surface area contributed by atoms with Crippen molar-refractivity contribution in [3.63, 3.8) is 0 Å². The van der Waals surface area contributed by atoms with Crippen LogP contribution in [0.2, 0.25) is 0 Å². The van der Waals surface area contributed by atoms with E-state index in [4.69, 9.17) is 0 Å². The summed E-state index contributed by atoms with van der Waals surface area (Å²) in [5.74, 6) is 0. The van der Waals surface area contributed by atoms with Crippen LogP contribution in [0.25, 0.3) is 0 Å². The van der Waals surface area contributed by atoms with Crippen LogP contribution in [0, 0.1) is 0 Å². The predicted molar refractivity (Wildman–Crippen MR) is 24.5 cm³/mol. The van der Waals surface area contributed by atoms with Gasteiger partial charge in [0.05, 0.1) is 0 Å². The normalized spacial score (nSPS) is 0. The van der Waals surface area contributed by atoms with Gasteiger partial charge in [-0.2, -0.15) is 0 Å². The van der Waals surface area contributed by atoms with E-state index in [0.29, 0.717) is 0 Å². The van der Waals surface area contributed by atoms with Gasteiger partial charge >= 0.3 is 39.0 Å². The number of hydrogen-bond acceptors (Lipinski definition) is 2. The molecule has 0 heterocycles. The van der Waals surface area contributed by atoms with Gasteiger partial charge in [0.15, 0.2) is 0 Å². The minimum absolute atomic E-state index is 0. The van der Waals surface area contributed by atoms with Crippen molar-refractivity contribution in [1.82, 2.24) is 12.3 Å². The van der Waals surface area contributed by atoms with E-state index in [0.717, 1.165) is 0 Å². The molecular weight excluding hydrogens is 372 g/mol. The van der Waals surface area contributed by atoms with Crippen LogP contribution in [-0.2, 0) is 39.0 Å². The van der Waals surface area contributed by atoms with E-state index in [1.807, 2.05) is 0 Å². The van der Waals surface area contributed by atoms with Crippen LogP contribution in [0.5, 0.6) is 0 Å². The first-order valence-electron chi connectivity index (χ1n) is 0. The second kappa shape index (κ2) is 168. The summed E-state index contributed by atoms with van der Waals surface area (Å²) < 4.78 is 0. The monoisotopic (exact) mass is 374 g/mol. The zero-order chi connectivity index (χ0) is 0. The molecule has 0 radical (unpaired) electrons. The molecule has 0 aromatic heterocycles. The van der Waals surface area contributed by atoms with Crippen LogP contribution in [-0.4, -0.2) is 0 Å². The average molecular weight is 380 g/mol. The molecule has 0 aromatic carbocycles. The molecule has 64 valence electrons. The van der Waals surface area contributed by atoms with E-state index in [9.17, 15) is 0 Å². The summed E-state index contributed by atoms with van der Waals surface area (Å²) in [5.41, 5.74) is 0. The number of hydrogen-bond donors (Lipinski definition) is 2. The van der Waals surface area contributed by atoms with Crippen LogP contribution in [0.15, 0.2) is 0 Å². The van der Waals surface area contributed by atoms with Crippen LogP contribution in [0.1, 0.15) is 0 Å². The predicted octanol–water partition coefficient (Wildman–Crippen LogP) is -10.8. The Labute approximate surface area is 124 Å². The average Bonchev–Trinajstić information content (AvgIpc) is 0. The Balaban J connectivity index is 0. The zero-order valence-corrected chi connectivity index (χ0v) is 15.7. The number of rotatable bonds is 0. The van der Waals surface area contributed by atoms with E-state index in [-0.39, 0.29) is 126 Å². The van der Waals surface area contributed by atoms with Crippen molar-refractivity contribution in [1.29, 1.82) is 0 Å². The molecule has 0 aliphatic rings. The van der Waals surface area contributed by atoms with Gasteiger partial charge in [-0.1, -0.05) is 0 Å². The van der Waals surface area contributed by atoms with Gasteiger partial charge in [-0.15, -0.1) is 24.8 Å². The molecule has 10 heteroatoms. The summed E-state index contributed by atoms with van der Waals surface area (Å²) in [6.07, 6.45) is 0. The largest absolute Gasteiger partial charge is 2.00 e. The molecule has 0 spiro atoms. The molecule has 0 saturated heterocycles. The van der Waals surface area contributed by atoms with E-state index in [1.54, 1.807) is 0 Å². The molecule has 0 unspecified atom stereocenters. The Kier molecular flexibility index (Phi) is 3630. The second-order valence-electron chi connectivity index (χ2n) is 0. The minimum Gasteiger partial charge on any atom is -1.00 e. The molecular formula is H8Cl6N2Zn2. The van der Waals surface area contributed by atoms with E-state index in [2.05, 4.69) is 0 Å². The van der Waals surface area contributed by atoms with Crippen LogP contribution >= 0.6 is 24.8 Å². The second-order valence-corrected chi connectivity index (χ2v) is 0. The molecule has 0 bridgehead atoms. The topological polar surface area (TPSA) is 70.0 Å². The maximum atomic E-state index is 0. The summed E-state index contributed by atoms with van der Waals surface area (Å²) in [4.78, 5) is 0. The third-order valence-corrected chi connectivity index (χ3v) is 0. The fourth-order valence-corrected chi connectivity index (χ4v) is 0. The van der Waals surface area contributed by atoms with Crippen LogP contribution in [0.3, 0.4) is 0 Å². The van der Waals surface area contributed by atoms with Crippen molar-refractivity contribution < 1.29 is 88.6 Å². The molecule has 0 aromatic rings. The summed E-state index contributed by atoms with van der Waals surface area (Å²) >= 11 is 0. The molecule has 0 rings (SSSR count). The van der Waals surface area contributed by atoms with Crippen molar-refractivity contribution in [3.8, 4) is 0 Å². The minimum atomic E-state index is 0. The van der Waals surface area contributed by atoms with Gasteiger partial charge < -0.3 is 61.9 Å². The Morgan fingerprint density at radius 1 is 0.400 bits per heavy atom. The zero-order valence-electron chi connectivity index (χ0n) is 5.16. The van der Waals surface area contributed by atoms with E-state index >= 15 is 0 Å². The van der Waals surface area contributed by atoms with Crippen molar-refractivity contribution in [3.05, 3.63) is 0 Å².